The number of carbonyl (C=O) groups excluding carboxylic acids is 2. The fourth-order valence-corrected chi connectivity index (χ4v) is 8.03. The van der Waals surface area contributed by atoms with Gasteiger partial charge in [-0.2, -0.15) is 0 Å². The number of hydrogen-bond donors (Lipinski definition) is 1. The van der Waals surface area contributed by atoms with Gasteiger partial charge < -0.3 is 28.8 Å². The van der Waals surface area contributed by atoms with Gasteiger partial charge in [0.25, 0.3) is 8.32 Å². The standard InChI is InChI=1S/C40H60FN5O7Si/c1-26-20-44(30(22-45(26)37(50)52-38(2,3)4)21-43-16-17-51-32(23-43)36(48)49)24-33(47)46-25-40(8,9)34-31(46)19-28(18-27-12-14-29(41)15-13-27)35(42-34)53-54(10,11)39(5,6)7/h12-15,19,26,30,32H,16-18,20-25H2,1-11H3,(H,48,49)/t26-,30+,32+/m1/s1. The molecule has 1 aromatic heterocycles. The number of rotatable bonds is 9. The van der Waals surface area contributed by atoms with Gasteiger partial charge in [0.2, 0.25) is 11.8 Å². The summed E-state index contributed by atoms with van der Waals surface area (Å²) in [6.45, 7) is 25.3. The maximum atomic E-state index is 14.6. The molecule has 14 heteroatoms. The van der Waals surface area contributed by atoms with Crippen LogP contribution in [-0.2, 0) is 30.9 Å². The highest BCUT2D eigenvalue weighted by Gasteiger charge is 2.45. The van der Waals surface area contributed by atoms with E-state index in [1.54, 1.807) is 17.0 Å². The van der Waals surface area contributed by atoms with Gasteiger partial charge in [-0.15, -0.1) is 0 Å². The van der Waals surface area contributed by atoms with Crippen molar-refractivity contribution in [3.8, 4) is 5.88 Å². The Kier molecular flexibility index (Phi) is 11.9. The molecule has 2 aromatic rings. The lowest BCUT2D eigenvalue weighted by molar-refractivity contribution is -0.156. The summed E-state index contributed by atoms with van der Waals surface area (Å²) < 4.78 is 32.0. The Labute approximate surface area is 321 Å². The number of halogens is 1. The van der Waals surface area contributed by atoms with Crippen molar-refractivity contribution >= 4 is 32.0 Å². The first kappa shape index (κ1) is 41.6. The third kappa shape index (κ3) is 9.61. The summed E-state index contributed by atoms with van der Waals surface area (Å²) in [5.74, 6) is -0.857. The Hall–Kier alpha value is -3.59. The van der Waals surface area contributed by atoms with E-state index in [0.29, 0.717) is 45.0 Å². The molecule has 0 unspecified atom stereocenters. The number of ether oxygens (including phenoxy) is 2. The molecule has 0 saturated carbocycles. The van der Waals surface area contributed by atoms with Crippen molar-refractivity contribution in [1.82, 2.24) is 19.7 Å². The maximum Gasteiger partial charge on any atom is 0.410 e. The molecule has 0 spiro atoms. The fraction of sp³-hybridized carbons (Fsp3) is 0.650. The molecule has 1 aromatic carbocycles. The number of morpholine rings is 1. The van der Waals surface area contributed by atoms with Crippen LogP contribution in [0.3, 0.4) is 0 Å². The van der Waals surface area contributed by atoms with E-state index in [1.807, 2.05) is 43.6 Å². The number of carboxylic acids is 1. The summed E-state index contributed by atoms with van der Waals surface area (Å²) in [6.07, 6.45) is -0.901. The first-order valence-corrected chi connectivity index (χ1v) is 21.9. The molecular formula is C40H60FN5O7Si. The van der Waals surface area contributed by atoms with Crippen LogP contribution in [0, 0.1) is 5.82 Å². The number of piperazine rings is 1. The van der Waals surface area contributed by atoms with E-state index in [1.165, 1.54) is 12.1 Å². The highest BCUT2D eigenvalue weighted by molar-refractivity contribution is 6.74. The molecule has 2 amide bonds. The molecule has 1 N–H and O–H groups in total. The number of pyridine rings is 1. The predicted molar refractivity (Wildman–Crippen MR) is 208 cm³/mol. The van der Waals surface area contributed by atoms with Crippen LogP contribution in [0.5, 0.6) is 5.88 Å². The maximum absolute atomic E-state index is 14.6. The summed E-state index contributed by atoms with van der Waals surface area (Å²) >= 11 is 0. The fourth-order valence-electron chi connectivity index (χ4n) is 7.07. The minimum atomic E-state index is -2.31. The molecule has 54 heavy (non-hydrogen) atoms. The van der Waals surface area contributed by atoms with Gasteiger partial charge >= 0.3 is 12.1 Å². The lowest BCUT2D eigenvalue weighted by Crippen LogP contribution is -2.64. The summed E-state index contributed by atoms with van der Waals surface area (Å²) in [6, 6.07) is 7.94. The van der Waals surface area contributed by atoms with E-state index >= 15 is 0 Å². The molecule has 298 valence electrons. The van der Waals surface area contributed by atoms with Crippen LogP contribution in [0.15, 0.2) is 30.3 Å². The zero-order valence-electron chi connectivity index (χ0n) is 34.0. The number of amides is 2. The number of nitrogens with zero attached hydrogens (tertiary/aromatic N) is 5. The third-order valence-electron chi connectivity index (χ3n) is 11.1. The van der Waals surface area contributed by atoms with Crippen molar-refractivity contribution in [2.45, 2.75) is 116 Å². The van der Waals surface area contributed by atoms with Crippen LogP contribution in [0.1, 0.15) is 79.1 Å². The molecule has 0 aliphatic carbocycles. The SMILES string of the molecule is C[C@@H]1CN(CC(=O)N2CC(C)(C)c3nc(O[Si](C)(C)C(C)(C)C)c(Cc4ccc(F)cc4)cc32)[C@@H](CN2CCO[C@H](C(=O)O)C2)CN1C(=O)OC(C)(C)C. The second-order valence-corrected chi connectivity index (χ2v) is 23.1. The second-order valence-electron chi connectivity index (χ2n) is 18.4. The average molecular weight is 770 g/mol. The predicted octanol–water partition coefficient (Wildman–Crippen LogP) is 5.91. The lowest BCUT2D eigenvalue weighted by Gasteiger charge is -2.47. The van der Waals surface area contributed by atoms with Gasteiger partial charge in [0.05, 0.1) is 24.5 Å². The smallest absolute Gasteiger partial charge is 0.410 e. The van der Waals surface area contributed by atoms with Crippen LogP contribution < -0.4 is 9.33 Å². The number of anilines is 1. The van der Waals surface area contributed by atoms with Crippen LogP contribution in [0.25, 0.3) is 0 Å². The molecule has 3 aliphatic rings. The van der Waals surface area contributed by atoms with E-state index in [0.717, 1.165) is 22.5 Å². The van der Waals surface area contributed by atoms with Crippen LogP contribution >= 0.6 is 0 Å². The van der Waals surface area contributed by atoms with Gasteiger partial charge in [0, 0.05) is 68.8 Å². The highest BCUT2D eigenvalue weighted by Crippen LogP contribution is 2.44. The van der Waals surface area contributed by atoms with Gasteiger partial charge in [0.1, 0.15) is 11.4 Å². The average Bonchev–Trinajstić information content (AvgIpc) is 3.31. The number of carboxylic acid groups (broad SMARTS) is 1. The number of benzene rings is 1. The van der Waals surface area contributed by atoms with Gasteiger partial charge in [-0.05, 0) is 69.6 Å². The number of aromatic nitrogens is 1. The summed E-state index contributed by atoms with van der Waals surface area (Å²) in [4.78, 5) is 52.6. The molecule has 0 bridgehead atoms. The molecule has 4 heterocycles. The minimum absolute atomic E-state index is 0.0741. The lowest BCUT2D eigenvalue weighted by atomic mass is 9.91. The molecular weight excluding hydrogens is 710 g/mol. The summed E-state index contributed by atoms with van der Waals surface area (Å²) in [5.41, 5.74) is 2.12. The topological polar surface area (TPSA) is 125 Å². The number of fused-ring (bicyclic) bond motifs is 1. The Balaban J connectivity index is 1.46. The number of aliphatic carboxylic acids is 1. The van der Waals surface area contributed by atoms with E-state index in [9.17, 15) is 23.9 Å². The Morgan fingerprint density at radius 1 is 1.06 bits per heavy atom. The number of carbonyl (C=O) groups is 3. The summed E-state index contributed by atoms with van der Waals surface area (Å²) in [5, 5.41) is 9.57. The molecule has 12 nitrogen and oxygen atoms in total. The molecule has 3 atom stereocenters. The first-order chi connectivity index (χ1) is 24.9. The quantitative estimate of drug-likeness (QED) is 0.308. The molecule has 5 rings (SSSR count). The Morgan fingerprint density at radius 3 is 2.33 bits per heavy atom. The van der Waals surface area contributed by atoms with Gasteiger partial charge in [-0.1, -0.05) is 46.8 Å². The van der Waals surface area contributed by atoms with Gasteiger partial charge in [0.15, 0.2) is 6.10 Å². The third-order valence-corrected chi connectivity index (χ3v) is 15.4. The van der Waals surface area contributed by atoms with Crippen LogP contribution in [0.2, 0.25) is 18.1 Å². The number of hydrogen-bond acceptors (Lipinski definition) is 9. The van der Waals surface area contributed by atoms with Crippen molar-refractivity contribution < 1.29 is 37.8 Å². The monoisotopic (exact) mass is 769 g/mol. The molecule has 2 fully saturated rings. The van der Waals surface area contributed by atoms with E-state index in [2.05, 4.69) is 52.6 Å². The van der Waals surface area contributed by atoms with Crippen LogP contribution in [-0.4, -0.2) is 127 Å². The zero-order valence-corrected chi connectivity index (χ0v) is 35.0. The Bertz CT molecular complexity index is 1710. The van der Waals surface area contributed by atoms with Gasteiger partial charge in [-0.25, -0.2) is 19.0 Å². The van der Waals surface area contributed by atoms with Crippen molar-refractivity contribution in [3.63, 3.8) is 0 Å². The zero-order chi connectivity index (χ0) is 40.0. The van der Waals surface area contributed by atoms with E-state index in [-0.39, 0.29) is 48.5 Å². The molecule has 0 radical (unpaired) electrons. The molecule has 2 saturated heterocycles. The largest absolute Gasteiger partial charge is 0.530 e. The van der Waals surface area contributed by atoms with Crippen LogP contribution in [0.4, 0.5) is 14.9 Å². The van der Waals surface area contributed by atoms with Crippen molar-refractivity contribution in [2.24, 2.45) is 0 Å². The highest BCUT2D eigenvalue weighted by atomic mass is 28.4. The van der Waals surface area contributed by atoms with E-state index < -0.39 is 37.5 Å². The van der Waals surface area contributed by atoms with Crippen molar-refractivity contribution in [2.75, 3.05) is 57.3 Å². The Morgan fingerprint density at radius 2 is 1.72 bits per heavy atom. The summed E-state index contributed by atoms with van der Waals surface area (Å²) in [7, 11) is -2.31. The van der Waals surface area contributed by atoms with Crippen molar-refractivity contribution in [1.29, 1.82) is 0 Å². The molecule has 3 aliphatic heterocycles. The van der Waals surface area contributed by atoms with Gasteiger partial charge in [-0.3, -0.25) is 14.6 Å². The first-order valence-electron chi connectivity index (χ1n) is 19.0. The van der Waals surface area contributed by atoms with E-state index in [4.69, 9.17) is 18.9 Å². The second kappa shape index (κ2) is 15.5. The normalized spacial score (nSPS) is 22.6. The van der Waals surface area contributed by atoms with Crippen molar-refractivity contribution in [3.05, 3.63) is 53.0 Å². The minimum Gasteiger partial charge on any atom is -0.530 e.